The third kappa shape index (κ3) is 1.73. The van der Waals surface area contributed by atoms with Gasteiger partial charge < -0.3 is 0 Å². The normalized spacial score (nSPS) is 15.3. The van der Waals surface area contributed by atoms with Crippen molar-refractivity contribution in [1.29, 1.82) is 0 Å². The van der Waals surface area contributed by atoms with Gasteiger partial charge in [-0.1, -0.05) is 11.3 Å². The lowest BCUT2D eigenvalue weighted by Gasteiger charge is -1.96. The Kier molecular flexibility index (Phi) is 2.20. The van der Waals surface area contributed by atoms with Crippen molar-refractivity contribution < 1.29 is 8.78 Å². The number of hydrogen-bond donors (Lipinski definition) is 0. The fraction of sp³-hybridized carbons (Fsp3) is 0.250. The summed E-state index contributed by atoms with van der Waals surface area (Å²) in [6, 6.07) is 3.77. The molecule has 0 N–H and O–H groups in total. The van der Waals surface area contributed by atoms with E-state index in [9.17, 15) is 8.78 Å². The molecule has 1 aliphatic carbocycles. The first-order valence-corrected chi connectivity index (χ1v) is 6.71. The monoisotopic (exact) mass is 278 g/mol. The van der Waals surface area contributed by atoms with Crippen LogP contribution in [0, 0.1) is 11.6 Å². The zero-order valence-electron chi connectivity index (χ0n) is 9.68. The topological polar surface area (TPSA) is 43.1 Å². The van der Waals surface area contributed by atoms with E-state index in [4.69, 9.17) is 0 Å². The van der Waals surface area contributed by atoms with Crippen LogP contribution in [0.15, 0.2) is 18.2 Å². The summed E-state index contributed by atoms with van der Waals surface area (Å²) in [5.74, 6) is -0.425. The molecule has 0 aliphatic heterocycles. The number of rotatable bonds is 2. The molecule has 1 aliphatic rings. The van der Waals surface area contributed by atoms with Crippen LogP contribution >= 0.6 is 11.3 Å². The molecule has 1 saturated carbocycles. The molecule has 0 unspecified atom stereocenters. The number of nitrogens with zero attached hydrogens (tertiary/aromatic N) is 4. The van der Waals surface area contributed by atoms with Crippen LogP contribution in [0.25, 0.3) is 15.5 Å². The van der Waals surface area contributed by atoms with Crippen molar-refractivity contribution in [2.24, 2.45) is 0 Å². The maximum absolute atomic E-state index is 13.2. The van der Waals surface area contributed by atoms with Gasteiger partial charge in [-0.25, -0.2) is 8.78 Å². The summed E-state index contributed by atoms with van der Waals surface area (Å²) in [6.07, 6.45) is 2.22. The fourth-order valence-corrected chi connectivity index (χ4v) is 2.82. The van der Waals surface area contributed by atoms with Crippen LogP contribution in [-0.2, 0) is 0 Å². The lowest BCUT2D eigenvalue weighted by molar-refractivity contribution is 0.509. The highest BCUT2D eigenvalue weighted by Crippen LogP contribution is 2.39. The average Bonchev–Trinajstić information content (AvgIpc) is 3.01. The average molecular weight is 278 g/mol. The minimum absolute atomic E-state index is 0.440. The zero-order valence-corrected chi connectivity index (χ0v) is 10.5. The molecule has 4 rings (SSSR count). The van der Waals surface area contributed by atoms with Gasteiger partial charge in [0.05, 0.1) is 0 Å². The number of aromatic nitrogens is 4. The van der Waals surface area contributed by atoms with Crippen LogP contribution in [0.5, 0.6) is 0 Å². The molecule has 0 radical (unpaired) electrons. The van der Waals surface area contributed by atoms with Crippen LogP contribution in [0.4, 0.5) is 8.78 Å². The molecule has 1 aromatic carbocycles. The summed E-state index contributed by atoms with van der Waals surface area (Å²) in [4.78, 5) is 0.682. The number of benzene rings is 1. The van der Waals surface area contributed by atoms with Gasteiger partial charge in [-0.3, -0.25) is 0 Å². The Morgan fingerprint density at radius 2 is 2.00 bits per heavy atom. The summed E-state index contributed by atoms with van der Waals surface area (Å²) in [7, 11) is 0. The summed E-state index contributed by atoms with van der Waals surface area (Å²) in [6.45, 7) is 0. The first kappa shape index (κ1) is 11.0. The Balaban J connectivity index is 1.84. The van der Waals surface area contributed by atoms with Gasteiger partial charge in [0.1, 0.15) is 5.01 Å². The van der Waals surface area contributed by atoms with E-state index in [2.05, 4.69) is 15.3 Å². The maximum atomic E-state index is 13.2. The van der Waals surface area contributed by atoms with Crippen LogP contribution < -0.4 is 0 Å². The molecule has 19 heavy (non-hydrogen) atoms. The molecular formula is C12H8F2N4S. The van der Waals surface area contributed by atoms with Gasteiger partial charge in [0.15, 0.2) is 17.5 Å². The van der Waals surface area contributed by atoms with E-state index >= 15 is 0 Å². The van der Waals surface area contributed by atoms with E-state index in [0.717, 1.165) is 30.8 Å². The second kappa shape index (κ2) is 3.80. The number of hydrogen-bond acceptors (Lipinski definition) is 4. The highest BCUT2D eigenvalue weighted by Gasteiger charge is 2.30. The summed E-state index contributed by atoms with van der Waals surface area (Å²) in [5.41, 5.74) is 0.552. The summed E-state index contributed by atoms with van der Waals surface area (Å²) in [5, 5.41) is 13.2. The fourth-order valence-electron chi connectivity index (χ4n) is 1.97. The second-order valence-electron chi connectivity index (χ2n) is 4.56. The third-order valence-corrected chi connectivity index (χ3v) is 4.07. The molecule has 1 fully saturated rings. The molecule has 7 heteroatoms. The van der Waals surface area contributed by atoms with Crippen LogP contribution in [-0.4, -0.2) is 19.8 Å². The Hall–Kier alpha value is -1.89. The molecule has 3 aromatic rings. The molecule has 0 bridgehead atoms. The zero-order chi connectivity index (χ0) is 13.0. The number of halogens is 2. The van der Waals surface area contributed by atoms with Gasteiger partial charge in [-0.2, -0.15) is 9.61 Å². The van der Waals surface area contributed by atoms with E-state index in [0.29, 0.717) is 21.4 Å². The third-order valence-electron chi connectivity index (χ3n) is 3.12. The van der Waals surface area contributed by atoms with Crippen molar-refractivity contribution in [3.8, 4) is 10.6 Å². The SMILES string of the molecule is Fc1ccc(-c2nn3c(C4CC4)nnc3s2)cc1F. The molecule has 96 valence electrons. The standard InChI is InChI=1S/C12H8F2N4S/c13-8-4-3-7(5-9(8)14)11-17-18-10(6-1-2-6)15-16-12(18)19-11/h3-6H,1-2H2. The predicted octanol–water partition coefficient (Wildman–Crippen LogP) is 3.01. The van der Waals surface area contributed by atoms with Gasteiger partial charge in [0.2, 0.25) is 4.96 Å². The molecule has 0 amide bonds. The Morgan fingerprint density at radius 1 is 1.16 bits per heavy atom. The van der Waals surface area contributed by atoms with E-state index < -0.39 is 11.6 Å². The lowest BCUT2D eigenvalue weighted by atomic mass is 10.2. The van der Waals surface area contributed by atoms with E-state index in [1.54, 1.807) is 4.52 Å². The Morgan fingerprint density at radius 3 is 2.74 bits per heavy atom. The summed E-state index contributed by atoms with van der Waals surface area (Å²) < 4.78 is 27.9. The van der Waals surface area contributed by atoms with E-state index in [1.165, 1.54) is 17.4 Å². The predicted molar refractivity (Wildman–Crippen MR) is 66.0 cm³/mol. The van der Waals surface area contributed by atoms with Gasteiger partial charge in [0, 0.05) is 11.5 Å². The second-order valence-corrected chi connectivity index (χ2v) is 5.52. The van der Waals surface area contributed by atoms with E-state index in [-0.39, 0.29) is 0 Å². The quantitative estimate of drug-likeness (QED) is 0.723. The van der Waals surface area contributed by atoms with Crippen molar-refractivity contribution >= 4 is 16.3 Å². The molecule has 2 heterocycles. The maximum Gasteiger partial charge on any atom is 0.234 e. The molecule has 0 spiro atoms. The van der Waals surface area contributed by atoms with Gasteiger partial charge in [-0.05, 0) is 31.0 Å². The number of fused-ring (bicyclic) bond motifs is 1. The lowest BCUT2D eigenvalue weighted by Crippen LogP contribution is -1.93. The van der Waals surface area contributed by atoms with Crippen molar-refractivity contribution in [2.75, 3.05) is 0 Å². The summed E-state index contributed by atoms with van der Waals surface area (Å²) >= 11 is 1.32. The molecule has 2 aromatic heterocycles. The van der Waals surface area contributed by atoms with Gasteiger partial charge in [-0.15, -0.1) is 10.2 Å². The largest absolute Gasteiger partial charge is 0.234 e. The highest BCUT2D eigenvalue weighted by molar-refractivity contribution is 7.19. The first-order chi connectivity index (χ1) is 9.22. The Bertz CT molecular complexity index is 775. The van der Waals surface area contributed by atoms with Crippen LogP contribution in [0.2, 0.25) is 0 Å². The smallest absolute Gasteiger partial charge is 0.204 e. The van der Waals surface area contributed by atoms with Crippen molar-refractivity contribution in [3.63, 3.8) is 0 Å². The molecule has 0 atom stereocenters. The minimum Gasteiger partial charge on any atom is -0.204 e. The highest BCUT2D eigenvalue weighted by atomic mass is 32.1. The van der Waals surface area contributed by atoms with Gasteiger partial charge in [0.25, 0.3) is 0 Å². The van der Waals surface area contributed by atoms with Crippen LogP contribution in [0.1, 0.15) is 24.6 Å². The van der Waals surface area contributed by atoms with Gasteiger partial charge >= 0.3 is 0 Å². The van der Waals surface area contributed by atoms with Crippen molar-refractivity contribution in [1.82, 2.24) is 19.8 Å². The molecular weight excluding hydrogens is 270 g/mol. The Labute approximate surface area is 110 Å². The minimum atomic E-state index is -0.870. The first-order valence-electron chi connectivity index (χ1n) is 5.90. The van der Waals surface area contributed by atoms with E-state index in [1.807, 2.05) is 0 Å². The van der Waals surface area contributed by atoms with Crippen LogP contribution in [0.3, 0.4) is 0 Å². The van der Waals surface area contributed by atoms with Crippen molar-refractivity contribution in [2.45, 2.75) is 18.8 Å². The molecule has 0 saturated heterocycles. The molecule has 4 nitrogen and oxygen atoms in total. The van der Waals surface area contributed by atoms with Crippen molar-refractivity contribution in [3.05, 3.63) is 35.7 Å².